The molecule has 0 aliphatic heterocycles. The molecule has 0 saturated carbocycles. The number of methoxy groups -OCH3 is 1. The first-order valence-electron chi connectivity index (χ1n) is 6.57. The van der Waals surface area contributed by atoms with Crippen molar-refractivity contribution in [2.45, 2.75) is 19.4 Å². The van der Waals surface area contributed by atoms with E-state index < -0.39 is 17.9 Å². The molecule has 2 heterocycles. The lowest BCUT2D eigenvalue weighted by Gasteiger charge is -2.13. The zero-order chi connectivity index (χ0) is 16.1. The Kier molecular flexibility index (Phi) is 5.29. The van der Waals surface area contributed by atoms with Crippen molar-refractivity contribution in [1.29, 1.82) is 0 Å². The summed E-state index contributed by atoms with van der Waals surface area (Å²) in [5.41, 5.74) is 0.208. The molecule has 22 heavy (non-hydrogen) atoms. The van der Waals surface area contributed by atoms with Crippen LogP contribution in [0.1, 0.15) is 21.8 Å². The Morgan fingerprint density at radius 1 is 1.55 bits per heavy atom. The van der Waals surface area contributed by atoms with Gasteiger partial charge in [-0.3, -0.25) is 4.79 Å². The van der Waals surface area contributed by atoms with E-state index in [1.54, 1.807) is 19.1 Å². The van der Waals surface area contributed by atoms with Crippen molar-refractivity contribution in [2.75, 3.05) is 13.7 Å². The topological polar surface area (TPSA) is 102 Å². The van der Waals surface area contributed by atoms with Crippen molar-refractivity contribution < 1.29 is 23.8 Å². The SMILES string of the molecule is COCCC(NC(=O)c1nc(-c2ccco2)sc1C)C(=O)O. The highest BCUT2D eigenvalue weighted by atomic mass is 32.1. The van der Waals surface area contributed by atoms with E-state index in [0.717, 1.165) is 0 Å². The maximum Gasteiger partial charge on any atom is 0.326 e. The quantitative estimate of drug-likeness (QED) is 0.807. The van der Waals surface area contributed by atoms with Crippen LogP contribution in [0.2, 0.25) is 0 Å². The van der Waals surface area contributed by atoms with Gasteiger partial charge in [-0.25, -0.2) is 9.78 Å². The second-order valence-electron chi connectivity index (χ2n) is 4.55. The number of aryl methyl sites for hydroxylation is 1. The van der Waals surface area contributed by atoms with Crippen LogP contribution in [0.3, 0.4) is 0 Å². The fourth-order valence-corrected chi connectivity index (χ4v) is 2.71. The summed E-state index contributed by atoms with van der Waals surface area (Å²) < 4.78 is 10.1. The zero-order valence-corrected chi connectivity index (χ0v) is 13.0. The number of carbonyl (C=O) groups excluding carboxylic acids is 1. The van der Waals surface area contributed by atoms with Gasteiger partial charge in [-0.15, -0.1) is 11.3 Å². The molecule has 1 atom stereocenters. The Morgan fingerprint density at radius 3 is 2.91 bits per heavy atom. The second kappa shape index (κ2) is 7.19. The molecule has 0 radical (unpaired) electrons. The number of amides is 1. The van der Waals surface area contributed by atoms with E-state index in [4.69, 9.17) is 14.3 Å². The maximum atomic E-state index is 12.2. The maximum absolute atomic E-state index is 12.2. The van der Waals surface area contributed by atoms with Gasteiger partial charge < -0.3 is 19.6 Å². The fraction of sp³-hybridized carbons (Fsp3) is 0.357. The highest BCUT2D eigenvalue weighted by Crippen LogP contribution is 2.27. The van der Waals surface area contributed by atoms with E-state index in [-0.39, 0.29) is 18.7 Å². The lowest BCUT2D eigenvalue weighted by Crippen LogP contribution is -2.41. The Bertz CT molecular complexity index is 650. The Morgan fingerprint density at radius 2 is 2.32 bits per heavy atom. The largest absolute Gasteiger partial charge is 0.480 e. The molecule has 2 rings (SSSR count). The summed E-state index contributed by atoms with van der Waals surface area (Å²) >= 11 is 1.32. The van der Waals surface area contributed by atoms with Crippen LogP contribution in [0, 0.1) is 6.92 Å². The first kappa shape index (κ1) is 16.2. The van der Waals surface area contributed by atoms with Gasteiger partial charge in [0.2, 0.25) is 0 Å². The minimum Gasteiger partial charge on any atom is -0.480 e. The van der Waals surface area contributed by atoms with Gasteiger partial charge in [-0.1, -0.05) is 0 Å². The van der Waals surface area contributed by atoms with Gasteiger partial charge in [0.1, 0.15) is 11.7 Å². The van der Waals surface area contributed by atoms with Crippen molar-refractivity contribution in [3.63, 3.8) is 0 Å². The molecule has 0 fully saturated rings. The predicted molar refractivity (Wildman–Crippen MR) is 79.9 cm³/mol. The average Bonchev–Trinajstić information content (AvgIpc) is 3.11. The third-order valence-electron chi connectivity index (χ3n) is 2.96. The molecule has 0 saturated heterocycles. The number of rotatable bonds is 7. The molecule has 2 aromatic rings. The summed E-state index contributed by atoms with van der Waals surface area (Å²) in [5.74, 6) is -1.05. The number of thiazole rings is 1. The van der Waals surface area contributed by atoms with Crippen molar-refractivity contribution in [3.05, 3.63) is 29.0 Å². The zero-order valence-electron chi connectivity index (χ0n) is 12.2. The van der Waals surface area contributed by atoms with Crippen LogP contribution in [0.15, 0.2) is 22.8 Å². The van der Waals surface area contributed by atoms with Crippen LogP contribution < -0.4 is 5.32 Å². The summed E-state index contributed by atoms with van der Waals surface area (Å²) in [5, 5.41) is 12.2. The minimum atomic E-state index is -1.11. The third kappa shape index (κ3) is 3.71. The van der Waals surface area contributed by atoms with Gasteiger partial charge in [0.25, 0.3) is 5.91 Å². The van der Waals surface area contributed by atoms with Crippen LogP contribution >= 0.6 is 11.3 Å². The van der Waals surface area contributed by atoms with Gasteiger partial charge in [0.05, 0.1) is 6.26 Å². The first-order valence-corrected chi connectivity index (χ1v) is 7.38. The lowest BCUT2D eigenvalue weighted by atomic mass is 10.2. The highest BCUT2D eigenvalue weighted by molar-refractivity contribution is 7.15. The summed E-state index contributed by atoms with van der Waals surface area (Å²) in [7, 11) is 1.47. The van der Waals surface area contributed by atoms with Gasteiger partial charge in [-0.2, -0.15) is 0 Å². The molecule has 7 nitrogen and oxygen atoms in total. The first-order chi connectivity index (χ1) is 10.5. The van der Waals surface area contributed by atoms with Crippen LogP contribution in [-0.4, -0.2) is 41.7 Å². The second-order valence-corrected chi connectivity index (χ2v) is 5.75. The van der Waals surface area contributed by atoms with Crippen molar-refractivity contribution in [1.82, 2.24) is 10.3 Å². The molecule has 0 bridgehead atoms. The van der Waals surface area contributed by atoms with Crippen LogP contribution in [-0.2, 0) is 9.53 Å². The van der Waals surface area contributed by atoms with Crippen molar-refractivity contribution >= 4 is 23.2 Å². The number of carboxylic acid groups (broad SMARTS) is 1. The number of furan rings is 1. The minimum absolute atomic E-state index is 0.186. The molecule has 2 aromatic heterocycles. The molecule has 118 valence electrons. The van der Waals surface area contributed by atoms with E-state index in [1.807, 2.05) is 0 Å². The molecule has 1 amide bonds. The lowest BCUT2D eigenvalue weighted by molar-refractivity contribution is -0.139. The summed E-state index contributed by atoms with van der Waals surface area (Å²) in [4.78, 5) is 28.3. The van der Waals surface area contributed by atoms with Crippen molar-refractivity contribution in [3.8, 4) is 10.8 Å². The van der Waals surface area contributed by atoms with Gasteiger partial charge in [0, 0.05) is 25.0 Å². The van der Waals surface area contributed by atoms with E-state index in [9.17, 15) is 9.59 Å². The highest BCUT2D eigenvalue weighted by Gasteiger charge is 2.24. The number of aromatic nitrogens is 1. The number of ether oxygens (including phenoxy) is 1. The number of hydrogen-bond donors (Lipinski definition) is 2. The molecule has 0 aromatic carbocycles. The molecule has 0 aliphatic rings. The van der Waals surface area contributed by atoms with Gasteiger partial charge >= 0.3 is 5.97 Å². The summed E-state index contributed by atoms with van der Waals surface area (Å²) in [6.45, 7) is 1.99. The number of carboxylic acids is 1. The van der Waals surface area contributed by atoms with E-state index in [1.165, 1.54) is 24.7 Å². The van der Waals surface area contributed by atoms with Crippen LogP contribution in [0.25, 0.3) is 10.8 Å². The molecular weight excluding hydrogens is 308 g/mol. The van der Waals surface area contributed by atoms with Crippen molar-refractivity contribution in [2.24, 2.45) is 0 Å². The van der Waals surface area contributed by atoms with E-state index in [2.05, 4.69) is 10.3 Å². The Hall–Kier alpha value is -2.19. The molecule has 8 heteroatoms. The molecule has 0 spiro atoms. The molecule has 2 N–H and O–H groups in total. The smallest absolute Gasteiger partial charge is 0.326 e. The van der Waals surface area contributed by atoms with Gasteiger partial charge in [0.15, 0.2) is 10.8 Å². The summed E-state index contributed by atoms with van der Waals surface area (Å²) in [6.07, 6.45) is 1.71. The van der Waals surface area contributed by atoms with E-state index >= 15 is 0 Å². The number of nitrogens with one attached hydrogen (secondary N) is 1. The Labute approximate surface area is 130 Å². The standard InChI is InChI=1S/C14H16N2O5S/c1-8-11(16-13(22-8)10-4-3-6-21-10)12(17)15-9(14(18)19)5-7-20-2/h3-4,6,9H,5,7H2,1-2H3,(H,15,17)(H,18,19). The normalized spacial score (nSPS) is 12.1. The molecule has 0 aliphatic carbocycles. The monoisotopic (exact) mass is 324 g/mol. The molecular formula is C14H16N2O5S. The van der Waals surface area contributed by atoms with Gasteiger partial charge in [-0.05, 0) is 19.1 Å². The number of nitrogens with zero attached hydrogens (tertiary/aromatic N) is 1. The molecule has 1 unspecified atom stereocenters. The summed E-state index contributed by atoms with van der Waals surface area (Å²) in [6, 6.07) is 2.47. The van der Waals surface area contributed by atoms with Crippen LogP contribution in [0.5, 0.6) is 0 Å². The Balaban J connectivity index is 2.13. The predicted octanol–water partition coefficient (Wildman–Crippen LogP) is 1.93. The number of hydrogen-bond acceptors (Lipinski definition) is 6. The third-order valence-corrected chi connectivity index (χ3v) is 3.94. The number of aliphatic carboxylic acids is 1. The fourth-order valence-electron chi connectivity index (χ4n) is 1.83. The van der Waals surface area contributed by atoms with E-state index in [0.29, 0.717) is 15.6 Å². The van der Waals surface area contributed by atoms with Crippen LogP contribution in [0.4, 0.5) is 0 Å². The number of carbonyl (C=O) groups is 2. The average molecular weight is 324 g/mol.